The Kier molecular flexibility index (Phi) is 4.52. The van der Waals surface area contributed by atoms with Gasteiger partial charge in [-0.3, -0.25) is 9.40 Å². The van der Waals surface area contributed by atoms with E-state index in [1.54, 1.807) is 0 Å². The van der Waals surface area contributed by atoms with Crippen molar-refractivity contribution in [2.45, 2.75) is 24.8 Å². The van der Waals surface area contributed by atoms with Crippen LogP contribution in [0.25, 0.3) is 0 Å². The number of nitrogens with two attached hydrogens (primary N) is 1. The molecule has 0 saturated carbocycles. The normalized spacial score (nSPS) is 11.6. The highest BCUT2D eigenvalue weighted by atomic mass is 79.9. The van der Waals surface area contributed by atoms with Crippen LogP contribution in [-0.2, 0) is 16.6 Å². The van der Waals surface area contributed by atoms with Crippen molar-refractivity contribution in [2.24, 2.45) is 0 Å². The minimum absolute atomic E-state index is 0.0748. The highest BCUT2D eigenvalue weighted by Crippen LogP contribution is 2.27. The van der Waals surface area contributed by atoms with Crippen molar-refractivity contribution in [2.75, 3.05) is 10.5 Å². The Morgan fingerprint density at radius 2 is 2.19 bits per heavy atom. The second-order valence-corrected chi connectivity index (χ2v) is 6.88. The minimum Gasteiger partial charge on any atom is -0.381 e. The molecule has 1 aromatic carbocycles. The van der Waals surface area contributed by atoms with Gasteiger partial charge in [-0.15, -0.1) is 0 Å². The number of hydrogen-bond donors (Lipinski definition) is 2. The van der Waals surface area contributed by atoms with Crippen molar-refractivity contribution in [3.05, 3.63) is 34.7 Å². The number of hydrogen-bond acceptors (Lipinski definition) is 4. The topological polar surface area (TPSA) is 90.0 Å². The standard InChI is InChI=1S/C12H14BrFN4O2S/c1-2-5-18-7-11(12(15)16-18)21(19,20)17-10-4-3-8(14)6-9(10)13/h3-4,6-7,17H,2,5H2,1H3,(H2,15,16). The Labute approximate surface area is 130 Å². The van der Waals surface area contributed by atoms with Gasteiger partial charge in [0, 0.05) is 17.2 Å². The average molecular weight is 377 g/mol. The van der Waals surface area contributed by atoms with Gasteiger partial charge in [0.25, 0.3) is 10.0 Å². The SMILES string of the molecule is CCCn1cc(S(=O)(=O)Nc2ccc(F)cc2Br)c(N)n1. The minimum atomic E-state index is -3.89. The number of nitrogens with zero attached hydrogens (tertiary/aromatic N) is 2. The van der Waals surface area contributed by atoms with Crippen LogP contribution >= 0.6 is 15.9 Å². The van der Waals surface area contributed by atoms with Gasteiger partial charge in [0.15, 0.2) is 5.82 Å². The van der Waals surface area contributed by atoms with Crippen LogP contribution in [0, 0.1) is 5.82 Å². The number of anilines is 2. The lowest BCUT2D eigenvalue weighted by Gasteiger charge is -2.08. The molecular formula is C12H14BrFN4O2S. The molecule has 1 heterocycles. The molecule has 0 fully saturated rings. The average Bonchev–Trinajstić information content (AvgIpc) is 2.75. The number of rotatable bonds is 5. The molecule has 0 unspecified atom stereocenters. The van der Waals surface area contributed by atoms with Crippen LogP contribution in [0.1, 0.15) is 13.3 Å². The molecule has 3 N–H and O–H groups in total. The van der Waals surface area contributed by atoms with Gasteiger partial charge in [-0.1, -0.05) is 6.92 Å². The molecule has 0 amide bonds. The Hall–Kier alpha value is -1.61. The molecule has 2 aromatic rings. The van der Waals surface area contributed by atoms with E-state index in [2.05, 4.69) is 25.8 Å². The van der Waals surface area contributed by atoms with Crippen molar-refractivity contribution in [3.63, 3.8) is 0 Å². The Morgan fingerprint density at radius 3 is 2.81 bits per heavy atom. The molecule has 0 aliphatic carbocycles. The lowest BCUT2D eigenvalue weighted by molar-refractivity contribution is 0.595. The maximum atomic E-state index is 13.0. The number of sulfonamides is 1. The van der Waals surface area contributed by atoms with Crippen LogP contribution in [0.3, 0.4) is 0 Å². The molecule has 1 aromatic heterocycles. The quantitative estimate of drug-likeness (QED) is 0.838. The third kappa shape index (κ3) is 3.53. The van der Waals surface area contributed by atoms with E-state index in [1.165, 1.54) is 23.0 Å². The molecule has 9 heteroatoms. The molecule has 21 heavy (non-hydrogen) atoms. The summed E-state index contributed by atoms with van der Waals surface area (Å²) in [5.74, 6) is -0.547. The number of aromatic nitrogens is 2. The summed E-state index contributed by atoms with van der Waals surface area (Å²) in [6.45, 7) is 2.51. The van der Waals surface area contributed by atoms with Gasteiger partial charge >= 0.3 is 0 Å². The summed E-state index contributed by atoms with van der Waals surface area (Å²) >= 11 is 3.10. The van der Waals surface area contributed by atoms with Crippen molar-refractivity contribution in [3.8, 4) is 0 Å². The first-order valence-corrected chi connectivity index (χ1v) is 8.42. The molecule has 0 atom stereocenters. The van der Waals surface area contributed by atoms with E-state index in [9.17, 15) is 12.8 Å². The number of nitrogen functional groups attached to an aromatic ring is 1. The molecular weight excluding hydrogens is 363 g/mol. The van der Waals surface area contributed by atoms with Gasteiger partial charge in [0.1, 0.15) is 10.7 Å². The predicted molar refractivity (Wildman–Crippen MR) is 81.8 cm³/mol. The second-order valence-electron chi connectivity index (χ2n) is 4.37. The van der Waals surface area contributed by atoms with E-state index in [0.29, 0.717) is 11.0 Å². The monoisotopic (exact) mass is 376 g/mol. The van der Waals surface area contributed by atoms with Gasteiger partial charge in [-0.05, 0) is 40.5 Å². The van der Waals surface area contributed by atoms with E-state index in [0.717, 1.165) is 12.5 Å². The summed E-state index contributed by atoms with van der Waals surface area (Å²) in [5.41, 5.74) is 5.87. The van der Waals surface area contributed by atoms with E-state index < -0.39 is 15.8 Å². The maximum absolute atomic E-state index is 13.0. The van der Waals surface area contributed by atoms with Crippen molar-refractivity contribution >= 4 is 37.5 Å². The summed E-state index contributed by atoms with van der Waals surface area (Å²) in [7, 11) is -3.89. The first kappa shape index (κ1) is 15.8. The predicted octanol–water partition coefficient (Wildman–Crippen LogP) is 2.58. The maximum Gasteiger partial charge on any atom is 0.267 e. The number of nitrogens with one attached hydrogen (secondary N) is 1. The molecule has 0 aliphatic rings. The number of halogens is 2. The molecule has 0 radical (unpaired) electrons. The van der Waals surface area contributed by atoms with Crippen LogP contribution in [0.15, 0.2) is 33.8 Å². The summed E-state index contributed by atoms with van der Waals surface area (Å²) in [5, 5.41) is 3.95. The van der Waals surface area contributed by atoms with Gasteiger partial charge in [0.2, 0.25) is 0 Å². The smallest absolute Gasteiger partial charge is 0.267 e. The second kappa shape index (κ2) is 6.02. The Balaban J connectivity index is 2.34. The van der Waals surface area contributed by atoms with Gasteiger partial charge in [0.05, 0.1) is 5.69 Å². The first-order valence-electron chi connectivity index (χ1n) is 6.14. The molecule has 6 nitrogen and oxygen atoms in total. The fourth-order valence-electron chi connectivity index (χ4n) is 1.74. The van der Waals surface area contributed by atoms with E-state index >= 15 is 0 Å². The number of benzene rings is 1. The van der Waals surface area contributed by atoms with Gasteiger partial charge in [-0.2, -0.15) is 5.10 Å². The van der Waals surface area contributed by atoms with Crippen LogP contribution < -0.4 is 10.5 Å². The molecule has 2 rings (SSSR count). The van der Waals surface area contributed by atoms with Crippen LogP contribution in [-0.4, -0.2) is 18.2 Å². The molecule has 0 aliphatic heterocycles. The molecule has 114 valence electrons. The third-order valence-electron chi connectivity index (χ3n) is 2.67. The van der Waals surface area contributed by atoms with Crippen molar-refractivity contribution in [1.82, 2.24) is 9.78 Å². The Bertz CT molecular complexity index is 761. The summed E-state index contributed by atoms with van der Waals surface area (Å²) in [6.07, 6.45) is 2.18. The third-order valence-corrected chi connectivity index (χ3v) is 4.71. The van der Waals surface area contributed by atoms with Gasteiger partial charge < -0.3 is 5.73 Å². The van der Waals surface area contributed by atoms with Crippen LogP contribution in [0.4, 0.5) is 15.9 Å². The fraction of sp³-hybridized carbons (Fsp3) is 0.250. The number of aryl methyl sites for hydroxylation is 1. The summed E-state index contributed by atoms with van der Waals surface area (Å²) in [4.78, 5) is -0.104. The zero-order valence-corrected chi connectivity index (χ0v) is 13.6. The van der Waals surface area contributed by atoms with Crippen molar-refractivity contribution < 1.29 is 12.8 Å². The van der Waals surface area contributed by atoms with Gasteiger partial charge in [-0.25, -0.2) is 12.8 Å². The summed E-state index contributed by atoms with van der Waals surface area (Å²) in [6, 6.07) is 3.65. The zero-order valence-electron chi connectivity index (χ0n) is 11.2. The van der Waals surface area contributed by atoms with Crippen molar-refractivity contribution in [1.29, 1.82) is 0 Å². The molecule has 0 spiro atoms. The Morgan fingerprint density at radius 1 is 1.48 bits per heavy atom. The van der Waals surface area contributed by atoms with E-state index in [4.69, 9.17) is 5.73 Å². The van der Waals surface area contributed by atoms with Crippen LogP contribution in [0.5, 0.6) is 0 Å². The van der Waals surface area contributed by atoms with E-state index in [-0.39, 0.29) is 16.4 Å². The first-order chi connectivity index (χ1) is 9.83. The largest absolute Gasteiger partial charge is 0.381 e. The zero-order chi connectivity index (χ0) is 15.6. The summed E-state index contributed by atoms with van der Waals surface area (Å²) < 4.78 is 41.8. The molecule has 0 bridgehead atoms. The van der Waals surface area contributed by atoms with E-state index in [1.807, 2.05) is 6.92 Å². The highest BCUT2D eigenvalue weighted by Gasteiger charge is 2.22. The lowest BCUT2D eigenvalue weighted by atomic mass is 10.3. The van der Waals surface area contributed by atoms with Crippen LogP contribution in [0.2, 0.25) is 0 Å². The lowest BCUT2D eigenvalue weighted by Crippen LogP contribution is -2.14. The highest BCUT2D eigenvalue weighted by molar-refractivity contribution is 9.10. The fourth-order valence-corrected chi connectivity index (χ4v) is 3.48. The molecule has 0 saturated heterocycles.